The highest BCUT2D eigenvalue weighted by molar-refractivity contribution is 6.00. The molecule has 0 amide bonds. The first-order valence-electron chi connectivity index (χ1n) is 4.93. The molecule has 1 unspecified atom stereocenters. The molecule has 1 aliphatic rings. The van der Waals surface area contributed by atoms with Crippen LogP contribution in [0.5, 0.6) is 5.75 Å². The molecular formula is C12H11NO2. The molecule has 0 saturated carbocycles. The molecular weight excluding hydrogens is 190 g/mol. The Labute approximate surface area is 88.3 Å². The van der Waals surface area contributed by atoms with Crippen LogP contribution in [0.1, 0.15) is 29.3 Å². The average Bonchev–Trinajstić information content (AvgIpc) is 2.60. The Kier molecular flexibility index (Phi) is 2.42. The Morgan fingerprint density at radius 1 is 1.47 bits per heavy atom. The molecule has 0 N–H and O–H groups in total. The van der Waals surface area contributed by atoms with E-state index >= 15 is 0 Å². The van der Waals surface area contributed by atoms with E-state index < -0.39 is 6.10 Å². The monoisotopic (exact) mass is 201 g/mol. The van der Waals surface area contributed by atoms with Gasteiger partial charge in [0.05, 0.1) is 0 Å². The first-order chi connectivity index (χ1) is 7.20. The molecule has 0 aromatic heterocycles. The average molecular weight is 201 g/mol. The van der Waals surface area contributed by atoms with Crippen molar-refractivity contribution in [3.8, 4) is 11.8 Å². The summed E-state index contributed by atoms with van der Waals surface area (Å²) in [4.78, 5) is 11.4. The standard InChI is InChI=1S/C12H11NO2/c1-8(7-13)15-10-3-4-11-9(6-10)2-5-12(11)14/h3-4,6,8H,2,5H2,1H3. The second-order valence-electron chi connectivity index (χ2n) is 3.63. The molecule has 1 aliphatic carbocycles. The number of nitrogens with zero attached hydrogens (tertiary/aromatic N) is 1. The highest BCUT2D eigenvalue weighted by Crippen LogP contribution is 2.26. The Morgan fingerprint density at radius 3 is 3.00 bits per heavy atom. The van der Waals surface area contributed by atoms with E-state index in [1.165, 1.54) is 0 Å². The van der Waals surface area contributed by atoms with Gasteiger partial charge in [0, 0.05) is 12.0 Å². The number of carbonyl (C=O) groups is 1. The van der Waals surface area contributed by atoms with Crippen LogP contribution in [0.2, 0.25) is 0 Å². The largest absolute Gasteiger partial charge is 0.476 e. The van der Waals surface area contributed by atoms with Crippen LogP contribution in [-0.2, 0) is 6.42 Å². The quantitative estimate of drug-likeness (QED) is 0.736. The van der Waals surface area contributed by atoms with Crippen LogP contribution in [0.25, 0.3) is 0 Å². The molecule has 76 valence electrons. The van der Waals surface area contributed by atoms with Gasteiger partial charge in [-0.25, -0.2) is 0 Å². The molecule has 1 aromatic rings. The fourth-order valence-electron chi connectivity index (χ4n) is 1.74. The predicted octanol–water partition coefficient (Wildman–Crippen LogP) is 2.11. The summed E-state index contributed by atoms with van der Waals surface area (Å²) in [5.74, 6) is 0.863. The molecule has 0 bridgehead atoms. The van der Waals surface area contributed by atoms with Gasteiger partial charge in [0.2, 0.25) is 0 Å². The number of ketones is 1. The maximum atomic E-state index is 11.4. The number of ether oxygens (including phenoxy) is 1. The van der Waals surface area contributed by atoms with Gasteiger partial charge in [0.1, 0.15) is 11.8 Å². The van der Waals surface area contributed by atoms with E-state index in [-0.39, 0.29) is 5.78 Å². The lowest BCUT2D eigenvalue weighted by atomic mass is 10.1. The first kappa shape index (κ1) is 9.72. The van der Waals surface area contributed by atoms with E-state index in [1.54, 1.807) is 19.1 Å². The molecule has 1 aromatic carbocycles. The van der Waals surface area contributed by atoms with Crippen molar-refractivity contribution in [1.82, 2.24) is 0 Å². The number of hydrogen-bond acceptors (Lipinski definition) is 3. The Balaban J connectivity index is 2.24. The van der Waals surface area contributed by atoms with E-state index in [0.717, 1.165) is 17.5 Å². The summed E-state index contributed by atoms with van der Waals surface area (Å²) < 4.78 is 5.35. The predicted molar refractivity (Wildman–Crippen MR) is 54.8 cm³/mol. The molecule has 0 spiro atoms. The molecule has 3 nitrogen and oxygen atoms in total. The number of benzene rings is 1. The van der Waals surface area contributed by atoms with Crippen molar-refractivity contribution in [2.24, 2.45) is 0 Å². The topological polar surface area (TPSA) is 50.1 Å². The van der Waals surface area contributed by atoms with Crippen molar-refractivity contribution in [3.05, 3.63) is 29.3 Å². The number of fused-ring (bicyclic) bond motifs is 1. The van der Waals surface area contributed by atoms with Gasteiger partial charge in [-0.15, -0.1) is 0 Å². The van der Waals surface area contributed by atoms with Crippen LogP contribution in [0.4, 0.5) is 0 Å². The molecule has 0 aliphatic heterocycles. The summed E-state index contributed by atoms with van der Waals surface area (Å²) >= 11 is 0. The number of rotatable bonds is 2. The van der Waals surface area contributed by atoms with Crippen LogP contribution in [-0.4, -0.2) is 11.9 Å². The van der Waals surface area contributed by atoms with E-state index in [0.29, 0.717) is 12.2 Å². The summed E-state index contributed by atoms with van der Waals surface area (Å²) in [7, 11) is 0. The van der Waals surface area contributed by atoms with Crippen LogP contribution < -0.4 is 4.74 Å². The minimum Gasteiger partial charge on any atom is -0.476 e. The number of Topliss-reactive ketones (excluding diaryl/α,β-unsaturated/α-hetero) is 1. The third-order valence-electron chi connectivity index (χ3n) is 2.49. The molecule has 15 heavy (non-hydrogen) atoms. The SMILES string of the molecule is CC(C#N)Oc1ccc2c(c1)CCC2=O. The summed E-state index contributed by atoms with van der Waals surface area (Å²) in [6.45, 7) is 1.69. The lowest BCUT2D eigenvalue weighted by Crippen LogP contribution is -2.08. The molecule has 3 heteroatoms. The second-order valence-corrected chi connectivity index (χ2v) is 3.63. The second kappa shape index (κ2) is 3.74. The molecule has 1 atom stereocenters. The third-order valence-corrected chi connectivity index (χ3v) is 2.49. The number of carbonyl (C=O) groups excluding carboxylic acids is 1. The smallest absolute Gasteiger partial charge is 0.181 e. The van der Waals surface area contributed by atoms with Gasteiger partial charge >= 0.3 is 0 Å². The highest BCUT2D eigenvalue weighted by atomic mass is 16.5. The molecule has 0 fully saturated rings. The van der Waals surface area contributed by atoms with E-state index in [2.05, 4.69) is 0 Å². The zero-order valence-electron chi connectivity index (χ0n) is 8.49. The van der Waals surface area contributed by atoms with Crippen molar-refractivity contribution in [2.75, 3.05) is 0 Å². The minimum absolute atomic E-state index is 0.199. The van der Waals surface area contributed by atoms with Crippen molar-refractivity contribution >= 4 is 5.78 Å². The molecule has 0 heterocycles. The molecule has 0 radical (unpaired) electrons. The summed E-state index contributed by atoms with van der Waals surface area (Å²) in [6.07, 6.45) is 0.916. The van der Waals surface area contributed by atoms with Crippen LogP contribution in [0.15, 0.2) is 18.2 Å². The van der Waals surface area contributed by atoms with Gasteiger partial charge in [-0.2, -0.15) is 5.26 Å². The zero-order valence-corrected chi connectivity index (χ0v) is 8.49. The van der Waals surface area contributed by atoms with Crippen molar-refractivity contribution in [2.45, 2.75) is 25.9 Å². The van der Waals surface area contributed by atoms with Gasteiger partial charge in [0.15, 0.2) is 11.9 Å². The van der Waals surface area contributed by atoms with E-state index in [1.807, 2.05) is 12.1 Å². The number of nitriles is 1. The summed E-state index contributed by atoms with van der Waals surface area (Å²) in [5.41, 5.74) is 1.83. The highest BCUT2D eigenvalue weighted by Gasteiger charge is 2.19. The van der Waals surface area contributed by atoms with Gasteiger partial charge in [-0.1, -0.05) is 0 Å². The lowest BCUT2D eigenvalue weighted by Gasteiger charge is -2.08. The van der Waals surface area contributed by atoms with E-state index in [4.69, 9.17) is 10.00 Å². The van der Waals surface area contributed by atoms with Gasteiger partial charge in [0.25, 0.3) is 0 Å². The Hall–Kier alpha value is -1.82. The molecule has 2 rings (SSSR count). The first-order valence-corrected chi connectivity index (χ1v) is 4.93. The lowest BCUT2D eigenvalue weighted by molar-refractivity contribution is 0.0994. The molecule has 0 saturated heterocycles. The van der Waals surface area contributed by atoms with Gasteiger partial charge < -0.3 is 4.74 Å². The summed E-state index contributed by atoms with van der Waals surface area (Å²) in [6, 6.07) is 7.38. The minimum atomic E-state index is -0.458. The van der Waals surface area contributed by atoms with Gasteiger partial charge in [-0.3, -0.25) is 4.79 Å². The number of hydrogen-bond donors (Lipinski definition) is 0. The van der Waals surface area contributed by atoms with Crippen LogP contribution in [0.3, 0.4) is 0 Å². The fraction of sp³-hybridized carbons (Fsp3) is 0.333. The van der Waals surface area contributed by atoms with Gasteiger partial charge in [-0.05, 0) is 37.1 Å². The van der Waals surface area contributed by atoms with Crippen molar-refractivity contribution in [1.29, 1.82) is 5.26 Å². The normalized spacial score (nSPS) is 15.6. The zero-order chi connectivity index (χ0) is 10.8. The van der Waals surface area contributed by atoms with Crippen LogP contribution >= 0.6 is 0 Å². The van der Waals surface area contributed by atoms with Crippen molar-refractivity contribution in [3.63, 3.8) is 0 Å². The maximum absolute atomic E-state index is 11.4. The van der Waals surface area contributed by atoms with Crippen molar-refractivity contribution < 1.29 is 9.53 Å². The third kappa shape index (κ3) is 1.84. The van der Waals surface area contributed by atoms with E-state index in [9.17, 15) is 4.79 Å². The number of aryl methyl sites for hydroxylation is 1. The van der Waals surface area contributed by atoms with Crippen LogP contribution in [0, 0.1) is 11.3 Å². The fourth-order valence-corrected chi connectivity index (χ4v) is 1.74. The maximum Gasteiger partial charge on any atom is 0.181 e. The Bertz CT molecular complexity index is 445. The Morgan fingerprint density at radius 2 is 2.27 bits per heavy atom. The summed E-state index contributed by atoms with van der Waals surface area (Å²) in [5, 5.41) is 8.60.